The third-order valence-corrected chi connectivity index (χ3v) is 2.52. The Morgan fingerprint density at radius 1 is 1.00 bits per heavy atom. The van der Waals surface area contributed by atoms with Crippen LogP contribution in [-0.4, -0.2) is 49.5 Å². The summed E-state index contributed by atoms with van der Waals surface area (Å²) in [5.41, 5.74) is 2.25. The second-order valence-corrected chi connectivity index (χ2v) is 3.81. The SMILES string of the molecule is CCOC(=O)C1=NN[C@H](C(=O)OCC)[C@@H]1C(=O)OCC. The lowest BCUT2D eigenvalue weighted by Gasteiger charge is -2.17. The highest BCUT2D eigenvalue weighted by molar-refractivity contribution is 6.42. The first kappa shape index (κ1) is 15.9. The van der Waals surface area contributed by atoms with Gasteiger partial charge in [0, 0.05) is 0 Å². The van der Waals surface area contributed by atoms with Crippen LogP contribution in [0.4, 0.5) is 0 Å². The summed E-state index contributed by atoms with van der Waals surface area (Å²) in [6, 6.07) is -1.08. The van der Waals surface area contributed by atoms with E-state index in [4.69, 9.17) is 14.2 Å². The normalized spacial score (nSPS) is 20.6. The molecule has 20 heavy (non-hydrogen) atoms. The Hall–Kier alpha value is -2.12. The van der Waals surface area contributed by atoms with Crippen LogP contribution >= 0.6 is 0 Å². The van der Waals surface area contributed by atoms with Crippen LogP contribution in [0.15, 0.2) is 5.10 Å². The van der Waals surface area contributed by atoms with Crippen LogP contribution in [0.5, 0.6) is 0 Å². The summed E-state index contributed by atoms with van der Waals surface area (Å²) in [6.45, 7) is 5.31. The molecular weight excluding hydrogens is 268 g/mol. The molecule has 8 nitrogen and oxygen atoms in total. The van der Waals surface area contributed by atoms with Crippen LogP contribution in [0, 0.1) is 5.92 Å². The van der Waals surface area contributed by atoms with Gasteiger partial charge in [-0.3, -0.25) is 10.2 Å². The smallest absolute Gasteiger partial charge is 0.355 e. The van der Waals surface area contributed by atoms with Crippen LogP contribution in [0.3, 0.4) is 0 Å². The Morgan fingerprint density at radius 2 is 1.55 bits per heavy atom. The van der Waals surface area contributed by atoms with Gasteiger partial charge >= 0.3 is 17.9 Å². The highest BCUT2D eigenvalue weighted by atomic mass is 16.5. The predicted molar refractivity (Wildman–Crippen MR) is 67.7 cm³/mol. The predicted octanol–water partition coefficient (Wildman–Crippen LogP) is -0.380. The van der Waals surface area contributed by atoms with Gasteiger partial charge in [-0.2, -0.15) is 5.10 Å². The average Bonchev–Trinajstić information content (AvgIpc) is 2.84. The van der Waals surface area contributed by atoms with Crippen molar-refractivity contribution in [1.29, 1.82) is 0 Å². The van der Waals surface area contributed by atoms with Gasteiger partial charge in [0.15, 0.2) is 11.8 Å². The molecule has 1 aliphatic heterocycles. The fourth-order valence-corrected chi connectivity index (χ4v) is 1.72. The molecule has 8 heteroatoms. The molecule has 0 saturated carbocycles. The minimum atomic E-state index is -1.16. The van der Waals surface area contributed by atoms with Crippen molar-refractivity contribution in [2.24, 2.45) is 11.0 Å². The van der Waals surface area contributed by atoms with Gasteiger partial charge in [-0.25, -0.2) is 9.59 Å². The zero-order valence-electron chi connectivity index (χ0n) is 11.7. The van der Waals surface area contributed by atoms with Crippen LogP contribution < -0.4 is 5.43 Å². The maximum absolute atomic E-state index is 11.9. The number of ether oxygens (including phenoxy) is 3. The quantitative estimate of drug-likeness (QED) is 0.524. The number of nitrogens with one attached hydrogen (secondary N) is 1. The van der Waals surface area contributed by atoms with E-state index in [0.717, 1.165) is 0 Å². The molecular formula is C12H18N2O6. The van der Waals surface area contributed by atoms with E-state index in [-0.39, 0.29) is 25.5 Å². The second-order valence-electron chi connectivity index (χ2n) is 3.81. The molecule has 0 aromatic rings. The Bertz CT molecular complexity index is 420. The van der Waals surface area contributed by atoms with Crippen molar-refractivity contribution in [3.05, 3.63) is 0 Å². The number of hydrogen-bond acceptors (Lipinski definition) is 8. The van der Waals surface area contributed by atoms with E-state index < -0.39 is 29.9 Å². The number of hydrazone groups is 1. The van der Waals surface area contributed by atoms with Gasteiger partial charge in [-0.1, -0.05) is 0 Å². The first-order valence-corrected chi connectivity index (χ1v) is 6.40. The van der Waals surface area contributed by atoms with Crippen molar-refractivity contribution >= 4 is 23.6 Å². The number of carbonyl (C=O) groups excluding carboxylic acids is 3. The van der Waals surface area contributed by atoms with Crippen LogP contribution in [0.2, 0.25) is 0 Å². The molecule has 0 saturated heterocycles. The number of carbonyl (C=O) groups is 3. The number of hydrogen-bond donors (Lipinski definition) is 1. The van der Waals surface area contributed by atoms with E-state index >= 15 is 0 Å². The molecule has 0 radical (unpaired) electrons. The summed E-state index contributed by atoms with van der Waals surface area (Å²) in [4.78, 5) is 35.4. The average molecular weight is 286 g/mol. The lowest BCUT2D eigenvalue weighted by molar-refractivity contribution is -0.154. The van der Waals surface area contributed by atoms with E-state index in [9.17, 15) is 14.4 Å². The second kappa shape index (κ2) is 7.46. The molecule has 0 fully saturated rings. The van der Waals surface area contributed by atoms with Crippen LogP contribution in [-0.2, 0) is 28.6 Å². The van der Waals surface area contributed by atoms with E-state index in [1.807, 2.05) is 0 Å². The fraction of sp³-hybridized carbons (Fsp3) is 0.667. The van der Waals surface area contributed by atoms with Gasteiger partial charge < -0.3 is 14.2 Å². The number of esters is 3. The molecule has 112 valence electrons. The van der Waals surface area contributed by atoms with Crippen molar-refractivity contribution in [2.45, 2.75) is 26.8 Å². The molecule has 0 spiro atoms. The van der Waals surface area contributed by atoms with Gasteiger partial charge in [0.25, 0.3) is 0 Å². The fourth-order valence-electron chi connectivity index (χ4n) is 1.72. The number of nitrogens with zero attached hydrogens (tertiary/aromatic N) is 1. The van der Waals surface area contributed by atoms with Crippen molar-refractivity contribution in [3.8, 4) is 0 Å². The highest BCUT2D eigenvalue weighted by Gasteiger charge is 2.47. The molecule has 1 aliphatic rings. The Morgan fingerprint density at radius 3 is 2.10 bits per heavy atom. The van der Waals surface area contributed by atoms with Gasteiger partial charge in [-0.15, -0.1) is 0 Å². The van der Waals surface area contributed by atoms with Gasteiger partial charge in [0.1, 0.15) is 5.92 Å². The Labute approximate surface area is 116 Å². The van der Waals surface area contributed by atoms with Crippen molar-refractivity contribution in [1.82, 2.24) is 5.43 Å². The first-order chi connectivity index (χ1) is 9.56. The maximum atomic E-state index is 11.9. The largest absolute Gasteiger partial charge is 0.465 e. The molecule has 0 amide bonds. The summed E-state index contributed by atoms with van der Waals surface area (Å²) >= 11 is 0. The third kappa shape index (κ3) is 3.46. The third-order valence-electron chi connectivity index (χ3n) is 2.52. The van der Waals surface area contributed by atoms with Gasteiger partial charge in [0.2, 0.25) is 0 Å². The molecule has 0 bridgehead atoms. The van der Waals surface area contributed by atoms with E-state index in [1.54, 1.807) is 20.8 Å². The highest BCUT2D eigenvalue weighted by Crippen LogP contribution is 2.18. The summed E-state index contributed by atoms with van der Waals surface area (Å²) < 4.78 is 14.5. The van der Waals surface area contributed by atoms with Crippen LogP contribution in [0.1, 0.15) is 20.8 Å². The molecule has 1 heterocycles. The summed E-state index contributed by atoms with van der Waals surface area (Å²) in [7, 11) is 0. The van der Waals surface area contributed by atoms with Crippen molar-refractivity contribution in [3.63, 3.8) is 0 Å². The molecule has 1 rings (SSSR count). The Balaban J connectivity index is 2.93. The van der Waals surface area contributed by atoms with E-state index in [1.165, 1.54) is 0 Å². The Kier molecular flexibility index (Phi) is 5.95. The molecule has 0 aromatic carbocycles. The molecule has 1 N–H and O–H groups in total. The minimum absolute atomic E-state index is 0.126. The zero-order chi connectivity index (χ0) is 15.1. The standard InChI is InChI=1S/C12H18N2O6/c1-4-18-10(15)7-8(11(16)19-5-2)13-14-9(7)12(17)20-6-3/h7-8,13H,4-6H2,1-3H3/t7-,8-/m0/s1. The monoisotopic (exact) mass is 286 g/mol. The summed E-state index contributed by atoms with van der Waals surface area (Å²) in [5.74, 6) is -3.31. The zero-order valence-corrected chi connectivity index (χ0v) is 11.7. The molecule has 0 unspecified atom stereocenters. The van der Waals surface area contributed by atoms with Crippen molar-refractivity contribution in [2.75, 3.05) is 19.8 Å². The van der Waals surface area contributed by atoms with Gasteiger partial charge in [-0.05, 0) is 20.8 Å². The lowest BCUT2D eigenvalue weighted by Crippen LogP contribution is -2.45. The van der Waals surface area contributed by atoms with Crippen molar-refractivity contribution < 1.29 is 28.6 Å². The van der Waals surface area contributed by atoms with Crippen LogP contribution in [0.25, 0.3) is 0 Å². The topological polar surface area (TPSA) is 103 Å². The molecule has 0 aromatic heterocycles. The lowest BCUT2D eigenvalue weighted by atomic mass is 9.96. The van der Waals surface area contributed by atoms with E-state index in [0.29, 0.717) is 0 Å². The maximum Gasteiger partial charge on any atom is 0.355 e. The molecule has 0 aliphatic carbocycles. The summed E-state index contributed by atoms with van der Waals surface area (Å²) in [5, 5.41) is 3.71. The summed E-state index contributed by atoms with van der Waals surface area (Å²) in [6.07, 6.45) is 0. The number of rotatable bonds is 6. The first-order valence-electron chi connectivity index (χ1n) is 6.40. The van der Waals surface area contributed by atoms with E-state index in [2.05, 4.69) is 10.5 Å². The van der Waals surface area contributed by atoms with Gasteiger partial charge in [0.05, 0.1) is 19.8 Å². The molecule has 2 atom stereocenters. The minimum Gasteiger partial charge on any atom is -0.465 e.